The summed E-state index contributed by atoms with van der Waals surface area (Å²) in [5, 5.41) is 0. The van der Waals surface area contributed by atoms with E-state index in [-0.39, 0.29) is 5.56 Å². The number of rotatable bonds is 3. The highest BCUT2D eigenvalue weighted by Crippen LogP contribution is 2.10. The molecule has 0 radical (unpaired) electrons. The molecule has 0 aliphatic carbocycles. The van der Waals surface area contributed by atoms with E-state index < -0.39 is 17.6 Å². The van der Waals surface area contributed by atoms with Crippen molar-refractivity contribution in [2.75, 3.05) is 0 Å². The molecule has 0 bridgehead atoms. The summed E-state index contributed by atoms with van der Waals surface area (Å²) in [7, 11) is 0. The number of carbonyl (C=O) groups excluding carboxylic acids is 2. The van der Waals surface area contributed by atoms with Gasteiger partial charge in [-0.1, -0.05) is 18.2 Å². The van der Waals surface area contributed by atoms with E-state index in [0.29, 0.717) is 5.69 Å². The zero-order chi connectivity index (χ0) is 15.2. The highest BCUT2D eigenvalue weighted by molar-refractivity contribution is 9.10. The molecule has 0 aliphatic rings. The highest BCUT2D eigenvalue weighted by Gasteiger charge is 2.07. The van der Waals surface area contributed by atoms with E-state index in [0.717, 1.165) is 10.5 Å². The summed E-state index contributed by atoms with van der Waals surface area (Å²) in [6.45, 7) is 0. The van der Waals surface area contributed by atoms with Gasteiger partial charge in [0.15, 0.2) is 0 Å². The van der Waals surface area contributed by atoms with Crippen LogP contribution < -0.4 is 10.9 Å². The minimum Gasteiger partial charge on any atom is -0.356 e. The van der Waals surface area contributed by atoms with Crippen molar-refractivity contribution in [2.24, 2.45) is 0 Å². The van der Waals surface area contributed by atoms with Crippen LogP contribution in [0.25, 0.3) is 6.08 Å². The molecule has 1 aromatic heterocycles. The van der Waals surface area contributed by atoms with E-state index in [1.807, 2.05) is 0 Å². The third-order valence-corrected chi connectivity index (χ3v) is 2.97. The Labute approximate surface area is 128 Å². The van der Waals surface area contributed by atoms with Crippen LogP contribution in [0.4, 0.5) is 4.39 Å². The lowest BCUT2D eigenvalue weighted by Crippen LogP contribution is -2.40. The van der Waals surface area contributed by atoms with E-state index in [4.69, 9.17) is 0 Å². The van der Waals surface area contributed by atoms with E-state index in [9.17, 15) is 14.0 Å². The predicted molar refractivity (Wildman–Crippen MR) is 79.5 cm³/mol. The maximum absolute atomic E-state index is 13.3. The Morgan fingerprint density at radius 2 is 2.00 bits per heavy atom. The van der Waals surface area contributed by atoms with Crippen molar-refractivity contribution in [1.29, 1.82) is 0 Å². The number of hydrazine groups is 1. The minimum absolute atomic E-state index is 0.285. The Bertz CT molecular complexity index is 697. The second-order valence-electron chi connectivity index (χ2n) is 4.03. The van der Waals surface area contributed by atoms with Gasteiger partial charge in [0, 0.05) is 22.3 Å². The lowest BCUT2D eigenvalue weighted by atomic mass is 10.2. The number of aromatic amines is 1. The van der Waals surface area contributed by atoms with E-state index in [1.54, 1.807) is 24.4 Å². The first kappa shape index (κ1) is 15.0. The van der Waals surface area contributed by atoms with Crippen molar-refractivity contribution in [3.63, 3.8) is 0 Å². The molecule has 0 aliphatic heterocycles. The van der Waals surface area contributed by atoms with E-state index >= 15 is 0 Å². The Morgan fingerprint density at radius 3 is 2.67 bits per heavy atom. The number of carbonyl (C=O) groups is 2. The summed E-state index contributed by atoms with van der Waals surface area (Å²) in [6.07, 6.45) is 4.04. The largest absolute Gasteiger partial charge is 0.356 e. The summed E-state index contributed by atoms with van der Waals surface area (Å²) >= 11 is 3.19. The Kier molecular flexibility index (Phi) is 4.89. The smallest absolute Gasteiger partial charge is 0.286 e. The second kappa shape index (κ2) is 6.85. The molecule has 21 heavy (non-hydrogen) atoms. The van der Waals surface area contributed by atoms with Crippen molar-refractivity contribution < 1.29 is 14.0 Å². The van der Waals surface area contributed by atoms with Crippen molar-refractivity contribution in [3.8, 4) is 0 Å². The molecular weight excluding hydrogens is 341 g/mol. The predicted octanol–water partition coefficient (Wildman–Crippen LogP) is 2.39. The van der Waals surface area contributed by atoms with Gasteiger partial charge in [0.05, 0.1) is 0 Å². The summed E-state index contributed by atoms with van der Waals surface area (Å²) < 4.78 is 14.0. The number of hydrogen-bond acceptors (Lipinski definition) is 2. The summed E-state index contributed by atoms with van der Waals surface area (Å²) in [5.41, 5.74) is 5.00. The average Bonchev–Trinajstić information content (AvgIpc) is 2.90. The monoisotopic (exact) mass is 351 g/mol. The van der Waals surface area contributed by atoms with Crippen LogP contribution in [0.15, 0.2) is 47.1 Å². The maximum atomic E-state index is 13.3. The Hall–Kier alpha value is -2.41. The molecule has 2 amide bonds. The van der Waals surface area contributed by atoms with Crippen LogP contribution in [0.1, 0.15) is 16.1 Å². The zero-order valence-electron chi connectivity index (χ0n) is 10.7. The van der Waals surface area contributed by atoms with Gasteiger partial charge in [-0.15, -0.1) is 0 Å². The maximum Gasteiger partial charge on any atom is 0.286 e. The van der Waals surface area contributed by atoms with Gasteiger partial charge in [-0.05, 0) is 34.1 Å². The zero-order valence-corrected chi connectivity index (χ0v) is 12.3. The number of halogens is 2. The van der Waals surface area contributed by atoms with E-state index in [1.165, 1.54) is 18.2 Å². The second-order valence-corrected chi connectivity index (χ2v) is 4.95. The van der Waals surface area contributed by atoms with Crippen LogP contribution in [0.3, 0.4) is 0 Å². The van der Waals surface area contributed by atoms with Gasteiger partial charge in [0.25, 0.3) is 11.8 Å². The molecule has 1 aromatic carbocycles. The summed E-state index contributed by atoms with van der Waals surface area (Å²) in [6, 6.07) is 7.61. The molecule has 2 rings (SSSR count). The SMILES string of the molecule is O=C(/C=C/c1ccccc1F)NNC(=O)c1cc(Br)c[nH]1. The van der Waals surface area contributed by atoms with Crippen molar-refractivity contribution >= 4 is 33.8 Å². The molecule has 2 aromatic rings. The number of H-pyrrole nitrogens is 1. The van der Waals surface area contributed by atoms with Gasteiger partial charge in [-0.3, -0.25) is 20.4 Å². The first-order valence-electron chi connectivity index (χ1n) is 5.93. The topological polar surface area (TPSA) is 74.0 Å². The van der Waals surface area contributed by atoms with Crippen molar-refractivity contribution in [1.82, 2.24) is 15.8 Å². The third kappa shape index (κ3) is 4.28. The Morgan fingerprint density at radius 1 is 1.24 bits per heavy atom. The normalized spacial score (nSPS) is 10.6. The first-order valence-corrected chi connectivity index (χ1v) is 6.72. The van der Waals surface area contributed by atoms with Crippen molar-refractivity contribution in [3.05, 3.63) is 64.2 Å². The van der Waals surface area contributed by atoms with Crippen LogP contribution in [-0.4, -0.2) is 16.8 Å². The average molecular weight is 352 g/mol. The van der Waals surface area contributed by atoms with E-state index in [2.05, 4.69) is 31.8 Å². The molecule has 0 atom stereocenters. The van der Waals surface area contributed by atoms with Gasteiger partial charge in [0.1, 0.15) is 11.5 Å². The minimum atomic E-state index is -0.572. The van der Waals surface area contributed by atoms with Crippen molar-refractivity contribution in [2.45, 2.75) is 0 Å². The number of nitrogens with one attached hydrogen (secondary N) is 3. The molecule has 3 N–H and O–H groups in total. The standard InChI is InChI=1S/C14H11BrFN3O2/c15-10-7-12(17-8-10)14(21)19-18-13(20)6-5-9-3-1-2-4-11(9)16/h1-8,17H,(H,18,20)(H,19,21)/b6-5+. The lowest BCUT2D eigenvalue weighted by Gasteiger charge is -2.03. The Balaban J connectivity index is 1.88. The fraction of sp³-hybridized carbons (Fsp3) is 0. The molecule has 108 valence electrons. The molecule has 1 heterocycles. The van der Waals surface area contributed by atoms with Crippen LogP contribution in [-0.2, 0) is 4.79 Å². The molecule has 7 heteroatoms. The molecule has 0 fully saturated rings. The van der Waals surface area contributed by atoms with Gasteiger partial charge >= 0.3 is 0 Å². The quantitative estimate of drug-likeness (QED) is 0.586. The van der Waals surface area contributed by atoms with Gasteiger partial charge < -0.3 is 4.98 Å². The van der Waals surface area contributed by atoms with Crippen LogP contribution in [0, 0.1) is 5.82 Å². The van der Waals surface area contributed by atoms with Crippen LogP contribution >= 0.6 is 15.9 Å². The molecular formula is C14H11BrFN3O2. The molecule has 0 unspecified atom stereocenters. The fourth-order valence-electron chi connectivity index (χ4n) is 1.50. The molecule has 0 saturated heterocycles. The molecule has 5 nitrogen and oxygen atoms in total. The molecule has 0 spiro atoms. The van der Waals surface area contributed by atoms with Gasteiger partial charge in [0.2, 0.25) is 0 Å². The lowest BCUT2D eigenvalue weighted by molar-refractivity contribution is -0.117. The van der Waals surface area contributed by atoms with Crippen LogP contribution in [0.5, 0.6) is 0 Å². The number of hydrogen-bond donors (Lipinski definition) is 3. The molecule has 0 saturated carbocycles. The highest BCUT2D eigenvalue weighted by atomic mass is 79.9. The van der Waals surface area contributed by atoms with Gasteiger partial charge in [-0.25, -0.2) is 4.39 Å². The fourth-order valence-corrected chi connectivity index (χ4v) is 1.85. The summed E-state index contributed by atoms with van der Waals surface area (Å²) in [4.78, 5) is 25.9. The van der Waals surface area contributed by atoms with Gasteiger partial charge in [-0.2, -0.15) is 0 Å². The van der Waals surface area contributed by atoms with Crippen LogP contribution in [0.2, 0.25) is 0 Å². The summed E-state index contributed by atoms with van der Waals surface area (Å²) in [5.74, 6) is -1.49. The number of amides is 2. The first-order chi connectivity index (χ1) is 10.1. The third-order valence-electron chi connectivity index (χ3n) is 2.51. The number of benzene rings is 1. The number of aromatic nitrogens is 1.